The summed E-state index contributed by atoms with van der Waals surface area (Å²) in [5.41, 5.74) is 7.35. The van der Waals surface area contributed by atoms with Gasteiger partial charge in [-0.1, -0.05) is 6.07 Å². The molecule has 4 heteroatoms. The minimum atomic E-state index is -0.153. The molecule has 2 nitrogen and oxygen atoms in total. The van der Waals surface area contributed by atoms with Gasteiger partial charge in [-0.2, -0.15) is 11.8 Å². The Morgan fingerprint density at radius 2 is 2.17 bits per heavy atom. The monoisotopic (exact) mass is 270 g/mol. The van der Waals surface area contributed by atoms with Crippen LogP contribution < -0.4 is 10.6 Å². The van der Waals surface area contributed by atoms with Gasteiger partial charge in [0.05, 0.1) is 5.69 Å². The SMILES string of the molecule is CSCCCN(C)c1ccc(CC(C)N)cc1F. The number of thioether (sulfide) groups is 1. The van der Waals surface area contributed by atoms with Gasteiger partial charge in [0, 0.05) is 19.6 Å². The molecule has 0 aliphatic heterocycles. The van der Waals surface area contributed by atoms with Crippen molar-refractivity contribution in [2.24, 2.45) is 5.73 Å². The van der Waals surface area contributed by atoms with E-state index >= 15 is 0 Å². The van der Waals surface area contributed by atoms with E-state index in [-0.39, 0.29) is 11.9 Å². The normalized spacial score (nSPS) is 12.5. The third-order valence-corrected chi connectivity index (χ3v) is 3.52. The van der Waals surface area contributed by atoms with Crippen LogP contribution in [0.3, 0.4) is 0 Å². The van der Waals surface area contributed by atoms with Crippen molar-refractivity contribution in [3.63, 3.8) is 0 Å². The van der Waals surface area contributed by atoms with Crippen LogP contribution in [0.5, 0.6) is 0 Å². The highest BCUT2D eigenvalue weighted by Crippen LogP contribution is 2.20. The van der Waals surface area contributed by atoms with E-state index in [2.05, 4.69) is 6.26 Å². The Labute approximate surface area is 114 Å². The second-order valence-corrected chi connectivity index (χ2v) is 5.72. The second kappa shape index (κ2) is 7.64. The molecule has 0 bridgehead atoms. The van der Waals surface area contributed by atoms with Gasteiger partial charge in [-0.25, -0.2) is 4.39 Å². The van der Waals surface area contributed by atoms with E-state index in [4.69, 9.17) is 5.73 Å². The lowest BCUT2D eigenvalue weighted by atomic mass is 10.1. The number of benzene rings is 1. The molecule has 1 unspecified atom stereocenters. The molecule has 0 saturated heterocycles. The molecule has 0 heterocycles. The van der Waals surface area contributed by atoms with E-state index in [1.165, 1.54) is 0 Å². The lowest BCUT2D eigenvalue weighted by Crippen LogP contribution is -2.21. The predicted octanol–water partition coefficient (Wildman–Crippen LogP) is 2.90. The van der Waals surface area contributed by atoms with E-state index in [9.17, 15) is 4.39 Å². The first-order valence-corrected chi connectivity index (χ1v) is 7.68. The summed E-state index contributed by atoms with van der Waals surface area (Å²) in [5.74, 6) is 0.953. The molecule has 0 amide bonds. The fourth-order valence-electron chi connectivity index (χ4n) is 1.93. The smallest absolute Gasteiger partial charge is 0.146 e. The molecule has 1 aromatic carbocycles. The molecule has 0 saturated carbocycles. The quantitative estimate of drug-likeness (QED) is 0.773. The predicted molar refractivity (Wildman–Crippen MR) is 80.0 cm³/mol. The first-order chi connectivity index (χ1) is 8.54. The fraction of sp³-hybridized carbons (Fsp3) is 0.571. The largest absolute Gasteiger partial charge is 0.372 e. The van der Waals surface area contributed by atoms with Crippen LogP contribution in [0.4, 0.5) is 10.1 Å². The molecular formula is C14H23FN2S. The van der Waals surface area contributed by atoms with Gasteiger partial charge in [-0.3, -0.25) is 0 Å². The van der Waals surface area contributed by atoms with E-state index in [0.717, 1.165) is 24.3 Å². The Balaban J connectivity index is 2.66. The highest BCUT2D eigenvalue weighted by atomic mass is 32.2. The van der Waals surface area contributed by atoms with Crippen LogP contribution in [0.1, 0.15) is 18.9 Å². The van der Waals surface area contributed by atoms with Crippen LogP contribution in [-0.4, -0.2) is 31.6 Å². The molecule has 0 aromatic heterocycles. The zero-order valence-corrected chi connectivity index (χ0v) is 12.3. The molecule has 0 aliphatic carbocycles. The highest BCUT2D eigenvalue weighted by Gasteiger charge is 2.09. The van der Waals surface area contributed by atoms with Gasteiger partial charge in [-0.15, -0.1) is 0 Å². The second-order valence-electron chi connectivity index (χ2n) is 4.74. The third kappa shape index (κ3) is 4.86. The topological polar surface area (TPSA) is 29.3 Å². The average Bonchev–Trinajstić information content (AvgIpc) is 2.28. The lowest BCUT2D eigenvalue weighted by molar-refractivity contribution is 0.617. The van der Waals surface area contributed by atoms with Gasteiger partial charge < -0.3 is 10.6 Å². The van der Waals surface area contributed by atoms with Crippen molar-refractivity contribution in [2.45, 2.75) is 25.8 Å². The maximum absolute atomic E-state index is 14.0. The van der Waals surface area contributed by atoms with Crippen LogP contribution in [0.15, 0.2) is 18.2 Å². The minimum absolute atomic E-state index is 0.0644. The molecule has 1 atom stereocenters. The number of halogens is 1. The maximum Gasteiger partial charge on any atom is 0.146 e. The molecule has 0 radical (unpaired) electrons. The molecule has 18 heavy (non-hydrogen) atoms. The number of nitrogens with zero attached hydrogens (tertiary/aromatic N) is 1. The van der Waals surface area contributed by atoms with Crippen LogP contribution in [0, 0.1) is 5.82 Å². The minimum Gasteiger partial charge on any atom is -0.372 e. The van der Waals surface area contributed by atoms with Crippen LogP contribution >= 0.6 is 11.8 Å². The van der Waals surface area contributed by atoms with Crippen LogP contribution in [0.2, 0.25) is 0 Å². The number of hydrogen-bond donors (Lipinski definition) is 1. The average molecular weight is 270 g/mol. The molecule has 2 N–H and O–H groups in total. The Kier molecular flexibility index (Phi) is 6.50. The third-order valence-electron chi connectivity index (χ3n) is 2.82. The number of nitrogens with two attached hydrogens (primary N) is 1. The molecule has 1 aromatic rings. The zero-order valence-electron chi connectivity index (χ0n) is 11.4. The summed E-state index contributed by atoms with van der Waals surface area (Å²) in [4.78, 5) is 1.97. The van der Waals surface area contributed by atoms with E-state index in [1.807, 2.05) is 42.8 Å². The molecule has 1 rings (SSSR count). The zero-order chi connectivity index (χ0) is 13.5. The molecular weight excluding hydrogens is 247 g/mol. The van der Waals surface area contributed by atoms with Crippen LogP contribution in [-0.2, 0) is 6.42 Å². The van der Waals surface area contributed by atoms with E-state index in [0.29, 0.717) is 12.1 Å². The Morgan fingerprint density at radius 3 is 2.72 bits per heavy atom. The summed E-state index contributed by atoms with van der Waals surface area (Å²) >= 11 is 1.82. The molecule has 0 spiro atoms. The Morgan fingerprint density at radius 1 is 1.44 bits per heavy atom. The van der Waals surface area contributed by atoms with Crippen molar-refractivity contribution in [1.29, 1.82) is 0 Å². The summed E-state index contributed by atoms with van der Waals surface area (Å²) in [7, 11) is 1.93. The van der Waals surface area contributed by atoms with Gasteiger partial charge in [0.1, 0.15) is 5.82 Å². The first kappa shape index (κ1) is 15.3. The van der Waals surface area contributed by atoms with Gasteiger partial charge in [0.25, 0.3) is 0 Å². The van der Waals surface area contributed by atoms with Crippen molar-refractivity contribution >= 4 is 17.4 Å². The molecule has 102 valence electrons. The van der Waals surface area contributed by atoms with Gasteiger partial charge >= 0.3 is 0 Å². The summed E-state index contributed by atoms with van der Waals surface area (Å²) in [5, 5.41) is 0. The standard InChI is InChI=1S/C14H23FN2S/c1-11(16)9-12-5-6-14(13(15)10-12)17(2)7-4-8-18-3/h5-6,10-11H,4,7-9,16H2,1-3H3. The van der Waals surface area contributed by atoms with Crippen LogP contribution in [0.25, 0.3) is 0 Å². The lowest BCUT2D eigenvalue weighted by Gasteiger charge is -2.20. The highest BCUT2D eigenvalue weighted by molar-refractivity contribution is 7.98. The van der Waals surface area contributed by atoms with Crippen molar-refractivity contribution in [2.75, 3.05) is 30.5 Å². The van der Waals surface area contributed by atoms with Crippen molar-refractivity contribution in [3.8, 4) is 0 Å². The first-order valence-electron chi connectivity index (χ1n) is 6.28. The van der Waals surface area contributed by atoms with Gasteiger partial charge in [-0.05, 0) is 49.5 Å². The fourth-order valence-corrected chi connectivity index (χ4v) is 2.34. The Bertz CT molecular complexity index is 369. The number of rotatable bonds is 7. The van der Waals surface area contributed by atoms with E-state index in [1.54, 1.807) is 6.07 Å². The van der Waals surface area contributed by atoms with Crippen molar-refractivity contribution in [1.82, 2.24) is 0 Å². The van der Waals surface area contributed by atoms with Crippen molar-refractivity contribution < 1.29 is 4.39 Å². The molecule has 0 fully saturated rings. The van der Waals surface area contributed by atoms with E-state index < -0.39 is 0 Å². The number of hydrogen-bond acceptors (Lipinski definition) is 3. The van der Waals surface area contributed by atoms with Gasteiger partial charge in [0.2, 0.25) is 0 Å². The van der Waals surface area contributed by atoms with Gasteiger partial charge in [0.15, 0.2) is 0 Å². The summed E-state index contributed by atoms with van der Waals surface area (Å²) in [6.45, 7) is 2.81. The Hall–Kier alpha value is -0.740. The molecule has 0 aliphatic rings. The number of anilines is 1. The van der Waals surface area contributed by atoms with Crippen molar-refractivity contribution in [3.05, 3.63) is 29.6 Å². The summed E-state index contributed by atoms with van der Waals surface area (Å²) in [6, 6.07) is 5.48. The summed E-state index contributed by atoms with van der Waals surface area (Å²) < 4.78 is 14.0. The maximum atomic E-state index is 14.0. The summed E-state index contributed by atoms with van der Waals surface area (Å²) in [6.07, 6.45) is 3.87.